The molecule has 0 spiro atoms. The molecule has 0 aliphatic carbocycles. The standard InChI is InChI=1S/2C21H21O8PS2.2H3N/c2*1-13-7-9-16(31(24,25)26)11-19(13)18-5-4-6-20(15(18)3)30(22,23)21-12-17(32(27,28)29)10-8-14(21)2;;/h2*4-12H,1-3H3,(H,22,23)(H,24,25,26)(H,27,28,29);2*1H3. The topological polar surface area (TPSA) is 362 Å². The smallest absolute Gasteiger partial charge is 0.294 e. The molecule has 2 unspecified atom stereocenters. The summed E-state index contributed by atoms with van der Waals surface area (Å²) in [4.78, 5) is 20.5. The quantitative estimate of drug-likeness (QED) is 0.0550. The Morgan fingerprint density at radius 1 is 0.348 bits per heavy atom. The first-order valence-corrected chi connectivity index (χ1v) is 27.6. The highest BCUT2D eigenvalue weighted by Crippen LogP contribution is 2.44. The van der Waals surface area contributed by atoms with E-state index in [1.807, 2.05) is 0 Å². The summed E-state index contributed by atoms with van der Waals surface area (Å²) in [6.45, 7) is 9.74. The maximum atomic E-state index is 13.6. The van der Waals surface area contributed by atoms with Crippen molar-refractivity contribution < 1.29 is 70.8 Å². The van der Waals surface area contributed by atoms with Crippen molar-refractivity contribution >= 4 is 76.4 Å². The van der Waals surface area contributed by atoms with Gasteiger partial charge in [0.05, 0.1) is 19.6 Å². The summed E-state index contributed by atoms with van der Waals surface area (Å²) >= 11 is 0. The zero-order valence-corrected chi connectivity index (χ0v) is 41.2. The number of hydrogen-bond acceptors (Lipinski definition) is 12. The van der Waals surface area contributed by atoms with Crippen LogP contribution in [0.5, 0.6) is 0 Å². The van der Waals surface area contributed by atoms with Crippen LogP contribution in [0.3, 0.4) is 0 Å². The normalized spacial score (nSPS) is 13.8. The minimum atomic E-state index is -4.58. The molecule has 18 nitrogen and oxygen atoms in total. The van der Waals surface area contributed by atoms with Crippen molar-refractivity contribution in [2.24, 2.45) is 0 Å². The number of aryl methyl sites for hydroxylation is 4. The van der Waals surface area contributed by atoms with Gasteiger partial charge in [0.1, 0.15) is 0 Å². The van der Waals surface area contributed by atoms with E-state index < -0.39 is 65.0 Å². The molecule has 0 radical (unpaired) electrons. The first kappa shape index (κ1) is 55.6. The summed E-state index contributed by atoms with van der Waals surface area (Å²) in [5, 5.41) is -0.225. The van der Waals surface area contributed by atoms with Crippen molar-refractivity contribution in [2.45, 2.75) is 61.1 Å². The molecule has 12 N–H and O–H groups in total. The maximum absolute atomic E-state index is 13.6. The van der Waals surface area contributed by atoms with Crippen LogP contribution in [-0.2, 0) is 49.6 Å². The molecule has 0 aliphatic heterocycles. The third-order valence-corrected chi connectivity index (χ3v) is 18.4. The van der Waals surface area contributed by atoms with Gasteiger partial charge in [0, 0.05) is 21.2 Å². The van der Waals surface area contributed by atoms with E-state index in [-0.39, 0.29) is 43.3 Å². The molecule has 0 saturated carbocycles. The second-order valence-electron chi connectivity index (χ2n) is 14.8. The van der Waals surface area contributed by atoms with Gasteiger partial charge in [-0.1, -0.05) is 48.5 Å². The highest BCUT2D eigenvalue weighted by atomic mass is 32.2. The van der Waals surface area contributed by atoms with Gasteiger partial charge in [0.2, 0.25) is 0 Å². The van der Waals surface area contributed by atoms with Crippen LogP contribution in [0.25, 0.3) is 22.3 Å². The minimum Gasteiger partial charge on any atom is -0.344 e. The fraction of sp³-hybridized carbons (Fsp3) is 0.143. The van der Waals surface area contributed by atoms with Crippen LogP contribution in [0.4, 0.5) is 0 Å². The molecule has 0 bridgehead atoms. The van der Waals surface area contributed by atoms with E-state index in [9.17, 15) is 70.8 Å². The predicted molar refractivity (Wildman–Crippen MR) is 253 cm³/mol. The summed E-state index contributed by atoms with van der Waals surface area (Å²) in [5.74, 6) is 0. The van der Waals surface area contributed by atoms with Crippen LogP contribution in [0.15, 0.2) is 129 Å². The summed E-state index contributed by atoms with van der Waals surface area (Å²) in [5.41, 5.74) is 4.67. The van der Waals surface area contributed by atoms with Gasteiger partial charge in [-0.3, -0.25) is 27.3 Å². The van der Waals surface area contributed by atoms with Crippen LogP contribution >= 0.6 is 14.7 Å². The van der Waals surface area contributed by atoms with Gasteiger partial charge in [-0.25, -0.2) is 0 Å². The summed E-state index contributed by atoms with van der Waals surface area (Å²) < 4.78 is 157. The Morgan fingerprint density at radius 3 is 0.879 bits per heavy atom. The van der Waals surface area contributed by atoms with Gasteiger partial charge in [0.15, 0.2) is 0 Å². The first-order chi connectivity index (χ1) is 29.3. The second-order valence-corrected chi connectivity index (χ2v) is 24.7. The summed E-state index contributed by atoms with van der Waals surface area (Å²) in [6, 6.07) is 24.2. The van der Waals surface area contributed by atoms with E-state index in [2.05, 4.69) is 0 Å². The molecule has 0 heterocycles. The Balaban J connectivity index is 0.000000340. The average Bonchev–Trinajstić information content (AvgIpc) is 3.17. The molecule has 6 aromatic carbocycles. The molecule has 6 rings (SSSR count). The number of hydrogen-bond donors (Lipinski definition) is 8. The molecular weight excluding hydrogens is 979 g/mol. The zero-order chi connectivity index (χ0) is 48.1. The van der Waals surface area contributed by atoms with E-state index in [1.165, 1.54) is 72.8 Å². The lowest BCUT2D eigenvalue weighted by Crippen LogP contribution is -2.21. The number of rotatable bonds is 10. The van der Waals surface area contributed by atoms with Crippen LogP contribution in [0, 0.1) is 41.5 Å². The zero-order valence-electron chi connectivity index (χ0n) is 36.1. The second kappa shape index (κ2) is 19.8. The Labute approximate surface area is 383 Å². The van der Waals surface area contributed by atoms with Gasteiger partial charge in [-0.2, -0.15) is 33.7 Å². The average molecular weight is 1030 g/mol. The van der Waals surface area contributed by atoms with E-state index in [0.717, 1.165) is 24.3 Å². The van der Waals surface area contributed by atoms with Gasteiger partial charge in [-0.05, 0) is 158 Å². The molecule has 0 aromatic heterocycles. The van der Waals surface area contributed by atoms with Crippen molar-refractivity contribution in [1.82, 2.24) is 12.3 Å². The fourth-order valence-electron chi connectivity index (χ4n) is 7.00. The lowest BCUT2D eigenvalue weighted by atomic mass is 9.97. The Morgan fingerprint density at radius 2 is 0.606 bits per heavy atom. The van der Waals surface area contributed by atoms with Gasteiger partial charge < -0.3 is 22.1 Å². The van der Waals surface area contributed by atoms with Crippen molar-refractivity contribution in [3.63, 3.8) is 0 Å². The molecule has 66 heavy (non-hydrogen) atoms. The van der Waals surface area contributed by atoms with Gasteiger partial charge in [0.25, 0.3) is 55.2 Å². The summed E-state index contributed by atoms with van der Waals surface area (Å²) in [6.07, 6.45) is 0. The third kappa shape index (κ3) is 11.7. The first-order valence-electron chi connectivity index (χ1n) is 18.5. The van der Waals surface area contributed by atoms with Crippen LogP contribution < -0.4 is 33.5 Å². The minimum absolute atomic E-state index is 0. The Bertz CT molecular complexity index is 3230. The van der Waals surface area contributed by atoms with Crippen LogP contribution in [0.2, 0.25) is 0 Å². The molecular formula is C42H48N2O16P2S4. The molecule has 24 heteroatoms. The highest BCUT2D eigenvalue weighted by molar-refractivity contribution is 7.86. The van der Waals surface area contributed by atoms with E-state index >= 15 is 0 Å². The fourth-order valence-corrected chi connectivity index (χ4v) is 13.2. The molecule has 0 aliphatic rings. The van der Waals surface area contributed by atoms with Gasteiger partial charge in [-0.15, -0.1) is 0 Å². The molecule has 2 atom stereocenters. The molecule has 356 valence electrons. The lowest BCUT2D eigenvalue weighted by molar-refractivity contribution is 0.480. The van der Waals surface area contributed by atoms with E-state index in [1.54, 1.807) is 53.7 Å². The predicted octanol–water partition coefficient (Wildman–Crippen LogP) is 6.31. The third-order valence-electron chi connectivity index (χ3n) is 10.5. The van der Waals surface area contributed by atoms with Crippen LogP contribution in [-0.4, -0.2) is 61.7 Å². The van der Waals surface area contributed by atoms with Gasteiger partial charge >= 0.3 is 0 Å². The van der Waals surface area contributed by atoms with Crippen molar-refractivity contribution in [1.29, 1.82) is 0 Å². The maximum Gasteiger partial charge on any atom is 0.294 e. The largest absolute Gasteiger partial charge is 0.344 e. The lowest BCUT2D eigenvalue weighted by Gasteiger charge is -2.20. The van der Waals surface area contributed by atoms with Crippen LogP contribution in [0.1, 0.15) is 33.4 Å². The molecule has 0 fully saturated rings. The molecule has 6 aromatic rings. The van der Waals surface area contributed by atoms with Crippen molar-refractivity contribution in [3.05, 3.63) is 143 Å². The Hall–Kier alpha value is -4.74. The van der Waals surface area contributed by atoms with Crippen molar-refractivity contribution in [3.8, 4) is 22.3 Å². The highest BCUT2D eigenvalue weighted by Gasteiger charge is 2.32. The number of benzene rings is 6. The van der Waals surface area contributed by atoms with E-state index in [4.69, 9.17) is 0 Å². The molecule has 0 amide bonds. The monoisotopic (exact) mass is 1030 g/mol. The molecule has 0 saturated heterocycles. The Kier molecular flexibility index (Phi) is 16.7. The van der Waals surface area contributed by atoms with Crippen molar-refractivity contribution in [2.75, 3.05) is 0 Å². The SMILES string of the molecule is Cc1ccc(S(=O)(=O)O)cc1-c1cccc(P(=O)(O)c2cc(S(=O)(=O)O)ccc2C)c1C.Cc1ccc(S(=O)(=O)O)cc1-c1cccc(P(=O)(O)c2cc(S(=O)(=O)O)ccc2C)c1C.N.N. The summed E-state index contributed by atoms with van der Waals surface area (Å²) in [7, 11) is -26.7. The van der Waals surface area contributed by atoms with E-state index in [0.29, 0.717) is 55.6 Å².